The third kappa shape index (κ3) is 4.15. The highest BCUT2D eigenvalue weighted by atomic mass is 35.5. The summed E-state index contributed by atoms with van der Waals surface area (Å²) < 4.78 is 7.27. The van der Waals surface area contributed by atoms with E-state index in [1.165, 1.54) is 0 Å². The zero-order chi connectivity index (χ0) is 16.3. The first-order valence-electron chi connectivity index (χ1n) is 6.75. The third-order valence-electron chi connectivity index (χ3n) is 3.14. The fourth-order valence-corrected chi connectivity index (χ4v) is 2.42. The van der Waals surface area contributed by atoms with E-state index in [2.05, 4.69) is 10.4 Å². The van der Waals surface area contributed by atoms with Crippen LogP contribution in [0.5, 0.6) is 5.75 Å². The maximum Gasteiger partial charge on any atom is 0.261 e. The van der Waals surface area contributed by atoms with Crippen LogP contribution in [-0.4, -0.2) is 21.8 Å². The Labute approximate surface area is 139 Å². The predicted octanol–water partition coefficient (Wildman–Crippen LogP) is 3.12. The molecular formula is C15H17Cl2N3O2. The van der Waals surface area contributed by atoms with Crippen molar-refractivity contribution in [1.29, 1.82) is 0 Å². The lowest BCUT2D eigenvalue weighted by molar-refractivity contribution is -0.127. The van der Waals surface area contributed by atoms with E-state index < -0.39 is 6.10 Å². The molecule has 0 unspecified atom stereocenters. The number of hydrogen-bond acceptors (Lipinski definition) is 3. The third-order valence-corrected chi connectivity index (χ3v) is 3.67. The van der Waals surface area contributed by atoms with Crippen molar-refractivity contribution in [3.05, 3.63) is 45.7 Å². The molecule has 118 valence electrons. The fourth-order valence-electron chi connectivity index (χ4n) is 1.96. The lowest BCUT2D eigenvalue weighted by Crippen LogP contribution is -2.36. The molecule has 2 aromatic rings. The number of carbonyl (C=O) groups is 1. The average Bonchev–Trinajstić information content (AvgIpc) is 2.77. The molecule has 0 aliphatic heterocycles. The van der Waals surface area contributed by atoms with Crippen molar-refractivity contribution in [2.45, 2.75) is 26.5 Å². The van der Waals surface area contributed by atoms with Gasteiger partial charge in [-0.25, -0.2) is 0 Å². The van der Waals surface area contributed by atoms with Crippen LogP contribution in [0.3, 0.4) is 0 Å². The SMILES string of the molecule is Cc1nn(C)cc1CNC(=O)[C@H](C)Oc1ccc(Cl)cc1Cl. The molecule has 2 rings (SSSR count). The smallest absolute Gasteiger partial charge is 0.261 e. The van der Waals surface area contributed by atoms with Crippen molar-refractivity contribution in [2.75, 3.05) is 0 Å². The molecule has 1 amide bonds. The van der Waals surface area contributed by atoms with E-state index >= 15 is 0 Å². The van der Waals surface area contributed by atoms with Crippen molar-refractivity contribution in [2.24, 2.45) is 7.05 Å². The molecule has 1 atom stereocenters. The number of nitrogens with one attached hydrogen (secondary N) is 1. The van der Waals surface area contributed by atoms with Gasteiger partial charge >= 0.3 is 0 Å². The van der Waals surface area contributed by atoms with Gasteiger partial charge < -0.3 is 10.1 Å². The summed E-state index contributed by atoms with van der Waals surface area (Å²) in [4.78, 5) is 12.1. The number of carbonyl (C=O) groups excluding carboxylic acids is 1. The number of benzene rings is 1. The van der Waals surface area contributed by atoms with Crippen LogP contribution in [0.2, 0.25) is 10.0 Å². The summed E-state index contributed by atoms with van der Waals surface area (Å²) in [5.41, 5.74) is 1.85. The Hall–Kier alpha value is -1.72. The van der Waals surface area contributed by atoms with Crippen LogP contribution in [0.15, 0.2) is 24.4 Å². The maximum absolute atomic E-state index is 12.1. The highest BCUT2D eigenvalue weighted by Crippen LogP contribution is 2.28. The van der Waals surface area contributed by atoms with E-state index in [0.717, 1.165) is 11.3 Å². The number of nitrogens with zero attached hydrogens (tertiary/aromatic N) is 2. The van der Waals surface area contributed by atoms with E-state index in [-0.39, 0.29) is 5.91 Å². The summed E-state index contributed by atoms with van der Waals surface area (Å²) in [5.74, 6) is 0.195. The van der Waals surface area contributed by atoms with Crippen molar-refractivity contribution >= 4 is 29.1 Å². The number of rotatable bonds is 5. The molecular weight excluding hydrogens is 325 g/mol. The fraction of sp³-hybridized carbons (Fsp3) is 0.333. The van der Waals surface area contributed by atoms with Crippen molar-refractivity contribution in [3.8, 4) is 5.75 Å². The Morgan fingerprint density at radius 3 is 2.77 bits per heavy atom. The van der Waals surface area contributed by atoms with Crippen LogP contribution in [-0.2, 0) is 18.4 Å². The lowest BCUT2D eigenvalue weighted by atomic mass is 10.2. The molecule has 0 saturated heterocycles. The second-order valence-corrected chi connectivity index (χ2v) is 5.81. The molecule has 0 saturated carbocycles. The van der Waals surface area contributed by atoms with Gasteiger partial charge in [0.2, 0.25) is 0 Å². The minimum absolute atomic E-state index is 0.228. The number of ether oxygens (including phenoxy) is 1. The first-order chi connectivity index (χ1) is 10.4. The first-order valence-corrected chi connectivity index (χ1v) is 7.51. The lowest BCUT2D eigenvalue weighted by Gasteiger charge is -2.15. The van der Waals surface area contributed by atoms with Gasteiger partial charge in [-0.15, -0.1) is 0 Å². The summed E-state index contributed by atoms with van der Waals surface area (Å²) in [7, 11) is 1.84. The van der Waals surface area contributed by atoms with Gasteiger partial charge in [0, 0.05) is 30.4 Å². The Kier molecular flexibility index (Phi) is 5.32. The zero-order valence-electron chi connectivity index (χ0n) is 12.6. The second kappa shape index (κ2) is 7.03. The number of aryl methyl sites for hydroxylation is 2. The zero-order valence-corrected chi connectivity index (χ0v) is 14.1. The molecule has 1 N–H and O–H groups in total. The molecule has 22 heavy (non-hydrogen) atoms. The van der Waals surface area contributed by atoms with Gasteiger partial charge in [0.25, 0.3) is 5.91 Å². The molecule has 7 heteroatoms. The number of amides is 1. The molecule has 1 aromatic heterocycles. The normalized spacial score (nSPS) is 12.0. The van der Waals surface area contributed by atoms with Crippen molar-refractivity contribution < 1.29 is 9.53 Å². The molecule has 1 heterocycles. The summed E-state index contributed by atoms with van der Waals surface area (Å²) in [6.45, 7) is 3.96. The first kappa shape index (κ1) is 16.6. The topological polar surface area (TPSA) is 56.2 Å². The van der Waals surface area contributed by atoms with Crippen LogP contribution in [0.25, 0.3) is 0 Å². The number of hydrogen-bond donors (Lipinski definition) is 1. The van der Waals surface area contributed by atoms with Crippen molar-refractivity contribution in [1.82, 2.24) is 15.1 Å². The molecule has 0 aliphatic carbocycles. The van der Waals surface area contributed by atoms with Crippen LogP contribution < -0.4 is 10.1 Å². The largest absolute Gasteiger partial charge is 0.479 e. The van der Waals surface area contributed by atoms with Crippen molar-refractivity contribution in [3.63, 3.8) is 0 Å². The van der Waals surface area contributed by atoms with E-state index in [4.69, 9.17) is 27.9 Å². The summed E-state index contributed by atoms with van der Waals surface area (Å²) >= 11 is 11.8. The van der Waals surface area contributed by atoms with Crippen LogP contribution in [0.4, 0.5) is 0 Å². The molecule has 5 nitrogen and oxygen atoms in total. The Bertz CT molecular complexity index is 685. The molecule has 0 spiro atoms. The van der Waals surface area contributed by atoms with Gasteiger partial charge in [-0.3, -0.25) is 9.48 Å². The summed E-state index contributed by atoms with van der Waals surface area (Å²) in [6.07, 6.45) is 1.20. The van der Waals surface area contributed by atoms with Gasteiger partial charge in [-0.2, -0.15) is 5.10 Å². The molecule has 1 aromatic carbocycles. The number of aromatic nitrogens is 2. The summed E-state index contributed by atoms with van der Waals surface area (Å²) in [6, 6.07) is 4.87. The average molecular weight is 342 g/mol. The molecule has 0 radical (unpaired) electrons. The molecule has 0 fully saturated rings. The van der Waals surface area contributed by atoms with Gasteiger partial charge in [-0.1, -0.05) is 23.2 Å². The van der Waals surface area contributed by atoms with Crippen LogP contribution in [0.1, 0.15) is 18.2 Å². The van der Waals surface area contributed by atoms with Crippen LogP contribution in [0, 0.1) is 6.92 Å². The van der Waals surface area contributed by atoms with E-state index in [1.54, 1.807) is 29.8 Å². The number of halogens is 2. The second-order valence-electron chi connectivity index (χ2n) is 4.97. The minimum Gasteiger partial charge on any atom is -0.479 e. The van der Waals surface area contributed by atoms with E-state index in [1.807, 2.05) is 20.2 Å². The maximum atomic E-state index is 12.1. The molecule has 0 aliphatic rings. The molecule has 0 bridgehead atoms. The minimum atomic E-state index is -0.671. The van der Waals surface area contributed by atoms with Gasteiger partial charge in [-0.05, 0) is 32.0 Å². The van der Waals surface area contributed by atoms with Gasteiger partial charge in [0.1, 0.15) is 5.75 Å². The van der Waals surface area contributed by atoms with E-state index in [0.29, 0.717) is 22.3 Å². The standard InChI is InChI=1S/C15H17Cl2N3O2/c1-9-11(8-20(3)19-9)7-18-15(21)10(2)22-14-5-4-12(16)6-13(14)17/h4-6,8,10H,7H2,1-3H3,(H,18,21)/t10-/m0/s1. The highest BCUT2D eigenvalue weighted by Gasteiger charge is 2.16. The monoisotopic (exact) mass is 341 g/mol. The van der Waals surface area contributed by atoms with Gasteiger partial charge in [0.15, 0.2) is 6.10 Å². The summed E-state index contributed by atoms with van der Waals surface area (Å²) in [5, 5.41) is 7.93. The highest BCUT2D eigenvalue weighted by molar-refractivity contribution is 6.35. The Balaban J connectivity index is 1.93. The predicted molar refractivity (Wildman–Crippen MR) is 86.3 cm³/mol. The quantitative estimate of drug-likeness (QED) is 0.908. The van der Waals surface area contributed by atoms with Gasteiger partial charge in [0.05, 0.1) is 10.7 Å². The Morgan fingerprint density at radius 1 is 1.45 bits per heavy atom. The van der Waals surface area contributed by atoms with Crippen LogP contribution >= 0.6 is 23.2 Å². The Morgan fingerprint density at radius 2 is 2.18 bits per heavy atom. The van der Waals surface area contributed by atoms with E-state index in [9.17, 15) is 4.79 Å².